The lowest BCUT2D eigenvalue weighted by Gasteiger charge is -2.08. The van der Waals surface area contributed by atoms with Crippen molar-refractivity contribution in [2.45, 2.75) is 19.3 Å². The van der Waals surface area contributed by atoms with Crippen LogP contribution in [0.4, 0.5) is 0 Å². The monoisotopic (exact) mass is 152 g/mol. The van der Waals surface area contributed by atoms with Gasteiger partial charge in [-0.05, 0) is 30.7 Å². The summed E-state index contributed by atoms with van der Waals surface area (Å²) in [5.74, 6) is 0. The molecule has 1 heterocycles. The van der Waals surface area contributed by atoms with Gasteiger partial charge in [0.1, 0.15) is 0 Å². The molecule has 0 radical (unpaired) electrons. The number of rotatable bonds is 3. The van der Waals surface area contributed by atoms with Crippen molar-refractivity contribution in [1.82, 2.24) is 10.2 Å². The van der Waals surface area contributed by atoms with Crippen LogP contribution < -0.4 is 0 Å². The van der Waals surface area contributed by atoms with E-state index in [2.05, 4.69) is 10.2 Å². The Bertz CT molecular complexity index is 226. The Morgan fingerprint density at radius 2 is 2.45 bits per heavy atom. The standard InChI is InChI=1S/C8H12N2O/c11-6-8(2-3-8)5-7-1-4-9-10-7/h1,4,11H,2-3,5-6H2,(H,9,10). The molecule has 0 spiro atoms. The third kappa shape index (κ3) is 1.28. The molecule has 3 nitrogen and oxygen atoms in total. The Morgan fingerprint density at radius 1 is 1.64 bits per heavy atom. The van der Waals surface area contributed by atoms with Crippen LogP contribution in [0.25, 0.3) is 0 Å². The maximum Gasteiger partial charge on any atom is 0.0491 e. The van der Waals surface area contributed by atoms with Gasteiger partial charge in [0.25, 0.3) is 0 Å². The first-order valence-electron chi connectivity index (χ1n) is 3.94. The van der Waals surface area contributed by atoms with Crippen molar-refractivity contribution >= 4 is 0 Å². The third-order valence-corrected chi connectivity index (χ3v) is 2.42. The van der Waals surface area contributed by atoms with Gasteiger partial charge in [0.05, 0.1) is 0 Å². The molecular formula is C8H12N2O. The molecule has 1 aromatic heterocycles. The summed E-state index contributed by atoms with van der Waals surface area (Å²) in [5, 5.41) is 15.8. The predicted molar refractivity (Wildman–Crippen MR) is 41.0 cm³/mol. The van der Waals surface area contributed by atoms with Crippen LogP contribution >= 0.6 is 0 Å². The average molecular weight is 152 g/mol. The summed E-state index contributed by atoms with van der Waals surface area (Å²) in [5.41, 5.74) is 1.34. The van der Waals surface area contributed by atoms with E-state index in [1.165, 1.54) is 0 Å². The topological polar surface area (TPSA) is 48.9 Å². The molecular weight excluding hydrogens is 140 g/mol. The number of hydrogen-bond acceptors (Lipinski definition) is 2. The molecule has 1 aliphatic rings. The summed E-state index contributed by atoms with van der Waals surface area (Å²) in [7, 11) is 0. The molecule has 1 fully saturated rings. The van der Waals surface area contributed by atoms with Crippen LogP contribution in [0.1, 0.15) is 18.5 Å². The van der Waals surface area contributed by atoms with E-state index in [1.54, 1.807) is 6.20 Å². The number of aliphatic hydroxyl groups is 1. The van der Waals surface area contributed by atoms with Crippen molar-refractivity contribution in [3.8, 4) is 0 Å². The van der Waals surface area contributed by atoms with Gasteiger partial charge in [-0.1, -0.05) is 0 Å². The summed E-state index contributed by atoms with van der Waals surface area (Å²) >= 11 is 0. The van der Waals surface area contributed by atoms with Crippen LogP contribution in [0.15, 0.2) is 12.3 Å². The fourth-order valence-electron chi connectivity index (χ4n) is 1.35. The van der Waals surface area contributed by atoms with Crippen molar-refractivity contribution in [2.24, 2.45) is 5.41 Å². The highest BCUT2D eigenvalue weighted by molar-refractivity contribution is 5.07. The zero-order valence-corrected chi connectivity index (χ0v) is 6.38. The van der Waals surface area contributed by atoms with Crippen LogP contribution in [0.5, 0.6) is 0 Å². The van der Waals surface area contributed by atoms with E-state index in [0.29, 0.717) is 6.61 Å². The maximum atomic E-state index is 9.02. The number of aromatic amines is 1. The van der Waals surface area contributed by atoms with E-state index in [1.807, 2.05) is 6.07 Å². The van der Waals surface area contributed by atoms with E-state index in [0.717, 1.165) is 25.0 Å². The molecule has 0 unspecified atom stereocenters. The van der Waals surface area contributed by atoms with Gasteiger partial charge in [-0.25, -0.2) is 0 Å². The molecule has 11 heavy (non-hydrogen) atoms. The summed E-state index contributed by atoms with van der Waals surface area (Å²) in [6.45, 7) is 0.312. The van der Waals surface area contributed by atoms with E-state index in [-0.39, 0.29) is 5.41 Å². The largest absolute Gasteiger partial charge is 0.396 e. The lowest BCUT2D eigenvalue weighted by molar-refractivity contribution is 0.210. The van der Waals surface area contributed by atoms with Crippen molar-refractivity contribution < 1.29 is 5.11 Å². The Morgan fingerprint density at radius 3 is 2.91 bits per heavy atom. The molecule has 0 bridgehead atoms. The van der Waals surface area contributed by atoms with Crippen LogP contribution in [-0.4, -0.2) is 21.9 Å². The van der Waals surface area contributed by atoms with Crippen LogP contribution in [0.3, 0.4) is 0 Å². The van der Waals surface area contributed by atoms with Gasteiger partial charge in [-0.15, -0.1) is 0 Å². The second kappa shape index (κ2) is 2.34. The zero-order valence-electron chi connectivity index (χ0n) is 6.38. The molecule has 2 rings (SSSR count). The lowest BCUT2D eigenvalue weighted by atomic mass is 10.0. The molecule has 0 saturated heterocycles. The van der Waals surface area contributed by atoms with Gasteiger partial charge in [0, 0.05) is 18.5 Å². The van der Waals surface area contributed by atoms with E-state index >= 15 is 0 Å². The highest BCUT2D eigenvalue weighted by Gasteiger charge is 2.42. The Balaban J connectivity index is 2.01. The third-order valence-electron chi connectivity index (χ3n) is 2.42. The predicted octanol–water partition coefficient (Wildman–Crippen LogP) is 0.725. The van der Waals surface area contributed by atoms with Crippen LogP contribution in [0, 0.1) is 5.41 Å². The van der Waals surface area contributed by atoms with Crippen LogP contribution in [-0.2, 0) is 6.42 Å². The van der Waals surface area contributed by atoms with E-state index in [9.17, 15) is 0 Å². The number of aromatic nitrogens is 2. The smallest absolute Gasteiger partial charge is 0.0491 e. The number of aliphatic hydroxyl groups excluding tert-OH is 1. The average Bonchev–Trinajstić information content (AvgIpc) is 2.59. The molecule has 0 aromatic carbocycles. The zero-order chi connectivity index (χ0) is 7.73. The maximum absolute atomic E-state index is 9.02. The first-order chi connectivity index (χ1) is 5.35. The first-order valence-corrected chi connectivity index (χ1v) is 3.94. The van der Waals surface area contributed by atoms with Crippen molar-refractivity contribution in [1.29, 1.82) is 0 Å². The summed E-state index contributed by atoms with van der Waals surface area (Å²) in [4.78, 5) is 0. The van der Waals surface area contributed by atoms with E-state index in [4.69, 9.17) is 5.11 Å². The molecule has 1 aliphatic carbocycles. The first kappa shape index (κ1) is 6.85. The molecule has 0 atom stereocenters. The van der Waals surface area contributed by atoms with Crippen molar-refractivity contribution in [3.63, 3.8) is 0 Å². The van der Waals surface area contributed by atoms with Gasteiger partial charge >= 0.3 is 0 Å². The van der Waals surface area contributed by atoms with Crippen molar-refractivity contribution in [2.75, 3.05) is 6.61 Å². The summed E-state index contributed by atoms with van der Waals surface area (Å²) in [6, 6.07) is 1.97. The molecule has 1 saturated carbocycles. The molecule has 0 amide bonds. The van der Waals surface area contributed by atoms with Crippen molar-refractivity contribution in [3.05, 3.63) is 18.0 Å². The van der Waals surface area contributed by atoms with Gasteiger partial charge in [0.2, 0.25) is 0 Å². The number of nitrogens with one attached hydrogen (secondary N) is 1. The van der Waals surface area contributed by atoms with Gasteiger partial charge < -0.3 is 5.11 Å². The van der Waals surface area contributed by atoms with Gasteiger partial charge in [-0.3, -0.25) is 5.10 Å². The quantitative estimate of drug-likeness (QED) is 0.670. The van der Waals surface area contributed by atoms with E-state index < -0.39 is 0 Å². The second-order valence-corrected chi connectivity index (χ2v) is 3.42. The molecule has 1 aromatic rings. The van der Waals surface area contributed by atoms with Gasteiger partial charge in [0.15, 0.2) is 0 Å². The van der Waals surface area contributed by atoms with Gasteiger partial charge in [-0.2, -0.15) is 5.10 Å². The normalized spacial score (nSPS) is 20.1. The summed E-state index contributed by atoms with van der Waals surface area (Å²) < 4.78 is 0. The number of H-pyrrole nitrogens is 1. The Labute approximate surface area is 65.4 Å². The lowest BCUT2D eigenvalue weighted by Crippen LogP contribution is -2.10. The number of hydrogen-bond donors (Lipinski definition) is 2. The van der Waals surface area contributed by atoms with Crippen LogP contribution in [0.2, 0.25) is 0 Å². The molecule has 0 aliphatic heterocycles. The molecule has 3 heteroatoms. The Kier molecular flexibility index (Phi) is 1.46. The fourth-order valence-corrected chi connectivity index (χ4v) is 1.35. The fraction of sp³-hybridized carbons (Fsp3) is 0.625. The minimum absolute atomic E-state index is 0.201. The molecule has 60 valence electrons. The molecule has 2 N–H and O–H groups in total. The summed E-state index contributed by atoms with van der Waals surface area (Å²) in [6.07, 6.45) is 5.01. The number of nitrogens with zero attached hydrogens (tertiary/aromatic N) is 1. The minimum Gasteiger partial charge on any atom is -0.396 e. The minimum atomic E-state index is 0.201. The highest BCUT2D eigenvalue weighted by Crippen LogP contribution is 2.47. The second-order valence-electron chi connectivity index (χ2n) is 3.42. The highest BCUT2D eigenvalue weighted by atomic mass is 16.3. The SMILES string of the molecule is OCC1(Cc2ccn[nH]2)CC1. The Hall–Kier alpha value is -0.830.